The molecule has 2 aliphatic rings. The number of rotatable bonds is 10. The number of hydrogen-bond donors (Lipinski definition) is 1. The van der Waals surface area contributed by atoms with Gasteiger partial charge in [0.05, 0.1) is 6.04 Å². The van der Waals surface area contributed by atoms with Crippen molar-refractivity contribution in [3.8, 4) is 5.75 Å². The number of nitrogens with zero attached hydrogens (tertiary/aromatic N) is 2. The Kier molecular flexibility index (Phi) is 9.68. The van der Waals surface area contributed by atoms with Gasteiger partial charge in [0.2, 0.25) is 5.91 Å². The van der Waals surface area contributed by atoms with Gasteiger partial charge in [0.15, 0.2) is 0 Å². The molecule has 0 spiro atoms. The number of carbonyl (C=O) groups is 1. The summed E-state index contributed by atoms with van der Waals surface area (Å²) >= 11 is 0. The molecule has 4 rings (SSSR count). The van der Waals surface area contributed by atoms with Gasteiger partial charge in [-0.05, 0) is 73.8 Å². The van der Waals surface area contributed by atoms with Crippen LogP contribution in [0.2, 0.25) is 0 Å². The Morgan fingerprint density at radius 1 is 0.972 bits per heavy atom. The summed E-state index contributed by atoms with van der Waals surface area (Å²) in [5.41, 5.74) is 8.67. The third-order valence-electron chi connectivity index (χ3n) is 7.86. The minimum atomic E-state index is -0.372. The fourth-order valence-corrected chi connectivity index (χ4v) is 5.83. The highest BCUT2D eigenvalue weighted by molar-refractivity contribution is 5.81. The summed E-state index contributed by atoms with van der Waals surface area (Å²) in [4.78, 5) is 17.5. The van der Waals surface area contributed by atoms with E-state index in [1.54, 1.807) is 0 Å². The van der Waals surface area contributed by atoms with E-state index in [1.165, 1.54) is 43.4 Å². The van der Waals surface area contributed by atoms with Crippen molar-refractivity contribution >= 4 is 11.6 Å². The molecule has 1 unspecified atom stereocenters. The Morgan fingerprint density at radius 2 is 1.64 bits per heavy atom. The fourth-order valence-electron chi connectivity index (χ4n) is 5.83. The highest BCUT2D eigenvalue weighted by atomic mass is 16.5. The molecular formula is C31H45N3O2. The lowest BCUT2D eigenvalue weighted by atomic mass is 9.88. The van der Waals surface area contributed by atoms with Gasteiger partial charge >= 0.3 is 0 Å². The normalized spacial score (nSPS) is 18.3. The molecule has 1 aliphatic carbocycles. The second-order valence-corrected chi connectivity index (χ2v) is 11.2. The predicted octanol–water partition coefficient (Wildman–Crippen LogP) is 6.02. The van der Waals surface area contributed by atoms with Gasteiger partial charge < -0.3 is 20.3 Å². The average molecular weight is 492 g/mol. The molecule has 1 aliphatic heterocycles. The molecule has 1 heterocycles. The van der Waals surface area contributed by atoms with Crippen LogP contribution in [0.5, 0.6) is 5.75 Å². The number of hydrogen-bond acceptors (Lipinski definition) is 4. The maximum Gasteiger partial charge on any atom is 0.239 e. The summed E-state index contributed by atoms with van der Waals surface area (Å²) in [7, 11) is 0. The van der Waals surface area contributed by atoms with E-state index in [0.717, 1.165) is 50.6 Å². The van der Waals surface area contributed by atoms with Crippen LogP contribution in [0.15, 0.2) is 54.6 Å². The number of benzene rings is 2. The van der Waals surface area contributed by atoms with E-state index < -0.39 is 0 Å². The second-order valence-electron chi connectivity index (χ2n) is 11.2. The Hall–Kier alpha value is -2.53. The summed E-state index contributed by atoms with van der Waals surface area (Å²) in [6, 6.07) is 19.0. The number of anilines is 1. The van der Waals surface area contributed by atoms with Crippen LogP contribution in [0.25, 0.3) is 0 Å². The standard InChI is InChI=1S/C31H45N3O2/c1-24(2)21-30(32)31(35)33-19-17-28(18-20-33)34(22-25-9-5-3-6-10-25)27-13-15-29(16-14-27)36-23-26-11-7-4-8-12-26/h4,7-8,11-16,24-25,28,30H,3,5-6,9-10,17-23,32H2,1-2H3. The van der Waals surface area contributed by atoms with Crippen molar-refractivity contribution in [1.29, 1.82) is 0 Å². The third kappa shape index (κ3) is 7.49. The molecule has 1 amide bonds. The Bertz CT molecular complexity index is 917. The highest BCUT2D eigenvalue weighted by Crippen LogP contribution is 2.31. The summed E-state index contributed by atoms with van der Waals surface area (Å²) in [5, 5.41) is 0. The number of amides is 1. The van der Waals surface area contributed by atoms with E-state index in [9.17, 15) is 4.79 Å². The molecule has 2 aromatic carbocycles. The first kappa shape index (κ1) is 26.5. The Balaban J connectivity index is 1.40. The van der Waals surface area contributed by atoms with Gasteiger partial charge in [-0.3, -0.25) is 4.79 Å². The summed E-state index contributed by atoms with van der Waals surface area (Å²) in [6.07, 6.45) is 9.49. The van der Waals surface area contributed by atoms with Gasteiger partial charge in [-0.2, -0.15) is 0 Å². The maximum atomic E-state index is 12.9. The third-order valence-corrected chi connectivity index (χ3v) is 7.86. The molecule has 1 saturated heterocycles. The zero-order valence-electron chi connectivity index (χ0n) is 22.3. The minimum Gasteiger partial charge on any atom is -0.489 e. The molecule has 2 fully saturated rings. The van der Waals surface area contributed by atoms with Gasteiger partial charge in [0.1, 0.15) is 12.4 Å². The molecule has 36 heavy (non-hydrogen) atoms. The zero-order chi connectivity index (χ0) is 25.3. The molecule has 196 valence electrons. The zero-order valence-corrected chi connectivity index (χ0v) is 22.3. The molecule has 2 aromatic rings. The van der Waals surface area contributed by atoms with Crippen molar-refractivity contribution < 1.29 is 9.53 Å². The van der Waals surface area contributed by atoms with E-state index in [-0.39, 0.29) is 11.9 Å². The Morgan fingerprint density at radius 3 is 2.28 bits per heavy atom. The topological polar surface area (TPSA) is 58.8 Å². The van der Waals surface area contributed by atoms with Gasteiger partial charge in [0, 0.05) is 31.4 Å². The monoisotopic (exact) mass is 491 g/mol. The predicted molar refractivity (Wildman–Crippen MR) is 148 cm³/mol. The molecule has 2 N–H and O–H groups in total. The van der Waals surface area contributed by atoms with Crippen LogP contribution in [0.3, 0.4) is 0 Å². The summed E-state index contributed by atoms with van der Waals surface area (Å²) in [5.74, 6) is 2.22. The van der Waals surface area contributed by atoms with E-state index in [0.29, 0.717) is 18.6 Å². The van der Waals surface area contributed by atoms with Crippen molar-refractivity contribution in [2.45, 2.75) is 83.9 Å². The number of ether oxygens (including phenoxy) is 1. The van der Waals surface area contributed by atoms with E-state index in [1.807, 2.05) is 23.1 Å². The molecule has 1 saturated carbocycles. The van der Waals surface area contributed by atoms with Crippen LogP contribution in [0.4, 0.5) is 5.69 Å². The van der Waals surface area contributed by atoms with E-state index in [4.69, 9.17) is 10.5 Å². The summed E-state index contributed by atoms with van der Waals surface area (Å²) in [6.45, 7) is 7.54. The first-order valence-electron chi connectivity index (χ1n) is 14.1. The molecule has 5 nitrogen and oxygen atoms in total. The van der Waals surface area contributed by atoms with Crippen molar-refractivity contribution in [1.82, 2.24) is 4.90 Å². The van der Waals surface area contributed by atoms with Gasteiger partial charge in [-0.25, -0.2) is 0 Å². The average Bonchev–Trinajstić information content (AvgIpc) is 2.91. The van der Waals surface area contributed by atoms with Crippen molar-refractivity contribution in [2.75, 3.05) is 24.5 Å². The smallest absolute Gasteiger partial charge is 0.239 e. The van der Waals surface area contributed by atoms with Crippen LogP contribution < -0.4 is 15.4 Å². The lowest BCUT2D eigenvalue weighted by Crippen LogP contribution is -2.52. The van der Waals surface area contributed by atoms with Gasteiger partial charge in [-0.1, -0.05) is 63.4 Å². The molecule has 1 atom stereocenters. The molecular weight excluding hydrogens is 446 g/mol. The largest absolute Gasteiger partial charge is 0.489 e. The first-order valence-corrected chi connectivity index (χ1v) is 14.1. The van der Waals surface area contributed by atoms with Crippen LogP contribution in [0, 0.1) is 11.8 Å². The molecule has 0 bridgehead atoms. The number of likely N-dealkylation sites (tertiary alicyclic amines) is 1. The number of nitrogens with two attached hydrogens (primary N) is 1. The van der Waals surface area contributed by atoms with Crippen molar-refractivity contribution in [3.63, 3.8) is 0 Å². The van der Waals surface area contributed by atoms with Crippen LogP contribution in [-0.4, -0.2) is 42.5 Å². The Labute approximate surface area is 218 Å². The molecule has 0 radical (unpaired) electrons. The second kappa shape index (κ2) is 13.1. The van der Waals surface area contributed by atoms with E-state index >= 15 is 0 Å². The van der Waals surface area contributed by atoms with Crippen LogP contribution >= 0.6 is 0 Å². The fraction of sp³-hybridized carbons (Fsp3) is 0.581. The SMILES string of the molecule is CC(C)CC(N)C(=O)N1CCC(N(CC2CCCCC2)c2ccc(OCc3ccccc3)cc2)CC1. The maximum absolute atomic E-state index is 12.9. The summed E-state index contributed by atoms with van der Waals surface area (Å²) < 4.78 is 6.04. The van der Waals surface area contributed by atoms with Crippen molar-refractivity contribution in [3.05, 3.63) is 60.2 Å². The number of carbonyl (C=O) groups excluding carboxylic acids is 1. The number of piperidine rings is 1. The molecule has 5 heteroatoms. The lowest BCUT2D eigenvalue weighted by Gasteiger charge is -2.42. The molecule has 0 aromatic heterocycles. The van der Waals surface area contributed by atoms with Crippen molar-refractivity contribution in [2.24, 2.45) is 17.6 Å². The minimum absolute atomic E-state index is 0.126. The first-order chi connectivity index (χ1) is 17.5. The van der Waals surface area contributed by atoms with Gasteiger partial charge in [-0.15, -0.1) is 0 Å². The highest BCUT2D eigenvalue weighted by Gasteiger charge is 2.31. The van der Waals surface area contributed by atoms with Crippen LogP contribution in [0.1, 0.15) is 70.8 Å². The quantitative estimate of drug-likeness (QED) is 0.442. The lowest BCUT2D eigenvalue weighted by molar-refractivity contribution is -0.134. The van der Waals surface area contributed by atoms with E-state index in [2.05, 4.69) is 55.1 Å². The van der Waals surface area contributed by atoms with Crippen LogP contribution in [-0.2, 0) is 11.4 Å². The van der Waals surface area contributed by atoms with Gasteiger partial charge in [0.25, 0.3) is 0 Å².